The van der Waals surface area contributed by atoms with Crippen molar-refractivity contribution in [2.24, 2.45) is 0 Å². The van der Waals surface area contributed by atoms with Gasteiger partial charge in [-0.1, -0.05) is 47.5 Å². The van der Waals surface area contributed by atoms with E-state index in [0.29, 0.717) is 5.56 Å². The molecule has 3 nitrogen and oxygen atoms in total. The van der Waals surface area contributed by atoms with Gasteiger partial charge in [-0.15, -0.1) is 0 Å². The van der Waals surface area contributed by atoms with Crippen LogP contribution in [0.1, 0.15) is 11.1 Å². The lowest BCUT2D eigenvalue weighted by Crippen LogP contribution is -2.14. The molecular weight excluding hydrogens is 292 g/mol. The van der Waals surface area contributed by atoms with E-state index in [1.807, 2.05) is 0 Å². The summed E-state index contributed by atoms with van der Waals surface area (Å²) in [4.78, 5) is 10.4. The molecule has 98 valence electrons. The molecule has 6 heteroatoms. The maximum Gasteiger partial charge on any atom is 0.275 e. The first kappa shape index (κ1) is 13.8. The summed E-state index contributed by atoms with van der Waals surface area (Å²) in [5.41, 5.74) is 0.332. The molecule has 0 aromatic heterocycles. The molecule has 0 amide bonds. The van der Waals surface area contributed by atoms with E-state index in [2.05, 4.69) is 0 Å². The second-order valence-electron chi connectivity index (χ2n) is 3.86. The van der Waals surface area contributed by atoms with Gasteiger partial charge in [-0.25, -0.2) is 4.39 Å². The van der Waals surface area contributed by atoms with Crippen molar-refractivity contribution in [1.29, 1.82) is 0 Å². The molecule has 2 aromatic rings. The first-order valence-corrected chi connectivity index (χ1v) is 6.06. The highest BCUT2D eigenvalue weighted by molar-refractivity contribution is 6.50. The Morgan fingerprint density at radius 2 is 1.63 bits per heavy atom. The van der Waals surface area contributed by atoms with Crippen LogP contribution in [0.5, 0.6) is 0 Å². The van der Waals surface area contributed by atoms with Gasteiger partial charge >= 0.3 is 0 Å². The lowest BCUT2D eigenvalue weighted by atomic mass is 10.0. The van der Waals surface area contributed by atoms with Crippen LogP contribution in [0, 0.1) is 15.9 Å². The molecular formula is C13H8Cl2FNO2. The highest BCUT2D eigenvalue weighted by Gasteiger charge is 2.35. The van der Waals surface area contributed by atoms with Gasteiger partial charge in [-0.2, -0.15) is 0 Å². The molecule has 0 N–H and O–H groups in total. The zero-order valence-electron chi connectivity index (χ0n) is 9.52. The number of halogens is 3. The smallest absolute Gasteiger partial charge is 0.258 e. The Labute approximate surface area is 118 Å². The molecule has 0 saturated carbocycles. The number of rotatable bonds is 3. The third-order valence-corrected chi connectivity index (χ3v) is 3.49. The fraction of sp³-hybridized carbons (Fsp3) is 0.0769. The van der Waals surface area contributed by atoms with E-state index in [0.717, 1.165) is 0 Å². The van der Waals surface area contributed by atoms with E-state index in [9.17, 15) is 14.5 Å². The maximum absolute atomic E-state index is 12.9. The van der Waals surface area contributed by atoms with Crippen molar-refractivity contribution in [2.75, 3.05) is 0 Å². The Hall–Kier alpha value is -1.65. The molecule has 2 rings (SSSR count). The quantitative estimate of drug-likeness (QED) is 0.478. The lowest BCUT2D eigenvalue weighted by Gasteiger charge is -2.20. The Bertz CT molecular complexity index is 614. The molecule has 0 atom stereocenters. The number of para-hydroxylation sites is 1. The first-order chi connectivity index (χ1) is 8.93. The van der Waals surface area contributed by atoms with Gasteiger partial charge < -0.3 is 0 Å². The molecule has 0 fully saturated rings. The summed E-state index contributed by atoms with van der Waals surface area (Å²) in [6.45, 7) is 0. The molecule has 0 radical (unpaired) electrons. The van der Waals surface area contributed by atoms with Gasteiger partial charge in [-0.3, -0.25) is 10.1 Å². The van der Waals surface area contributed by atoms with Crippen molar-refractivity contribution in [3.63, 3.8) is 0 Å². The van der Waals surface area contributed by atoms with E-state index in [4.69, 9.17) is 23.2 Å². The SMILES string of the molecule is O=[N+]([O-])c1ccccc1C(Cl)(Cl)c1ccc(F)cc1. The Morgan fingerprint density at radius 1 is 1.05 bits per heavy atom. The van der Waals surface area contributed by atoms with Crippen LogP contribution in [0.15, 0.2) is 48.5 Å². The van der Waals surface area contributed by atoms with Gasteiger partial charge in [-0.05, 0) is 23.8 Å². The number of benzene rings is 2. The van der Waals surface area contributed by atoms with Gasteiger partial charge in [0.05, 0.1) is 10.5 Å². The average molecular weight is 300 g/mol. The summed E-state index contributed by atoms with van der Waals surface area (Å²) in [6.07, 6.45) is 0. The Kier molecular flexibility index (Phi) is 3.73. The number of hydrogen-bond acceptors (Lipinski definition) is 2. The zero-order valence-corrected chi connectivity index (χ0v) is 11.0. The summed E-state index contributed by atoms with van der Waals surface area (Å²) in [5.74, 6) is -0.435. The van der Waals surface area contributed by atoms with Gasteiger partial charge in [0, 0.05) is 6.07 Å². The van der Waals surface area contributed by atoms with Crippen LogP contribution < -0.4 is 0 Å². The van der Waals surface area contributed by atoms with Crippen molar-refractivity contribution in [1.82, 2.24) is 0 Å². The van der Waals surface area contributed by atoms with Crippen molar-refractivity contribution in [2.45, 2.75) is 4.33 Å². The first-order valence-electron chi connectivity index (χ1n) is 5.30. The van der Waals surface area contributed by atoms with Crippen molar-refractivity contribution in [3.8, 4) is 0 Å². The molecule has 0 aliphatic carbocycles. The summed E-state index contributed by atoms with van der Waals surface area (Å²) >= 11 is 12.5. The van der Waals surface area contributed by atoms with Crippen LogP contribution in [0.4, 0.5) is 10.1 Å². The van der Waals surface area contributed by atoms with E-state index < -0.39 is 15.1 Å². The lowest BCUT2D eigenvalue weighted by molar-refractivity contribution is -0.385. The molecule has 0 spiro atoms. The number of alkyl halides is 2. The molecule has 0 aliphatic rings. The minimum absolute atomic E-state index is 0.148. The molecule has 0 unspecified atom stereocenters. The standard InChI is InChI=1S/C13H8Cl2FNO2/c14-13(15,9-5-7-10(16)8-6-9)11-3-1-2-4-12(11)17(18)19/h1-8H. The highest BCUT2D eigenvalue weighted by Crippen LogP contribution is 2.44. The largest absolute Gasteiger partial charge is 0.275 e. The summed E-state index contributed by atoms with van der Waals surface area (Å²) in [5, 5.41) is 11.0. The molecule has 0 saturated heterocycles. The summed E-state index contributed by atoms with van der Waals surface area (Å²) < 4.78 is 11.3. The van der Waals surface area contributed by atoms with Crippen molar-refractivity contribution in [3.05, 3.63) is 75.6 Å². The predicted octanol–water partition coefficient (Wildman–Crippen LogP) is 4.41. The second-order valence-corrected chi connectivity index (χ2v) is 5.18. The third-order valence-electron chi connectivity index (χ3n) is 2.65. The fourth-order valence-electron chi connectivity index (χ4n) is 1.71. The number of nitro groups is 1. The van der Waals surface area contributed by atoms with Crippen molar-refractivity contribution < 1.29 is 9.31 Å². The van der Waals surface area contributed by atoms with Crippen LogP contribution >= 0.6 is 23.2 Å². The summed E-state index contributed by atoms with van der Waals surface area (Å²) in [7, 11) is 0. The van der Waals surface area contributed by atoms with E-state index in [1.54, 1.807) is 6.07 Å². The summed E-state index contributed by atoms with van der Waals surface area (Å²) in [6, 6.07) is 11.1. The Morgan fingerprint density at radius 3 is 2.21 bits per heavy atom. The van der Waals surface area contributed by atoms with Crippen LogP contribution in [0.3, 0.4) is 0 Å². The van der Waals surface area contributed by atoms with E-state index in [1.165, 1.54) is 42.5 Å². The third kappa shape index (κ3) is 2.69. The zero-order chi connectivity index (χ0) is 14.0. The normalized spacial score (nSPS) is 11.3. The highest BCUT2D eigenvalue weighted by atomic mass is 35.5. The molecule has 0 aliphatic heterocycles. The number of hydrogen-bond donors (Lipinski definition) is 0. The van der Waals surface area contributed by atoms with Gasteiger partial charge in [0.25, 0.3) is 5.69 Å². The number of nitrogens with zero attached hydrogens (tertiary/aromatic N) is 1. The topological polar surface area (TPSA) is 43.1 Å². The van der Waals surface area contributed by atoms with Crippen LogP contribution in [0.2, 0.25) is 0 Å². The molecule has 0 bridgehead atoms. The molecule has 19 heavy (non-hydrogen) atoms. The van der Waals surface area contributed by atoms with Crippen LogP contribution in [-0.2, 0) is 4.33 Å². The van der Waals surface area contributed by atoms with Crippen LogP contribution in [-0.4, -0.2) is 4.92 Å². The predicted molar refractivity (Wildman–Crippen MR) is 72.0 cm³/mol. The van der Waals surface area contributed by atoms with Crippen molar-refractivity contribution >= 4 is 28.9 Å². The van der Waals surface area contributed by atoms with Gasteiger partial charge in [0.1, 0.15) is 5.82 Å². The average Bonchev–Trinajstić information content (AvgIpc) is 2.39. The molecule has 0 heterocycles. The van der Waals surface area contributed by atoms with E-state index in [-0.39, 0.29) is 11.3 Å². The minimum Gasteiger partial charge on any atom is -0.258 e. The Balaban J connectivity index is 2.56. The minimum atomic E-state index is -1.61. The van der Waals surface area contributed by atoms with E-state index >= 15 is 0 Å². The maximum atomic E-state index is 12.9. The van der Waals surface area contributed by atoms with Crippen LogP contribution in [0.25, 0.3) is 0 Å². The van der Waals surface area contributed by atoms with Gasteiger partial charge in [0.2, 0.25) is 0 Å². The number of nitro benzene ring substituents is 1. The second kappa shape index (κ2) is 5.15. The fourth-order valence-corrected chi connectivity index (χ4v) is 2.28. The monoisotopic (exact) mass is 299 g/mol. The molecule has 2 aromatic carbocycles. The van der Waals surface area contributed by atoms with Gasteiger partial charge in [0.15, 0.2) is 4.33 Å².